The summed E-state index contributed by atoms with van der Waals surface area (Å²) in [6.45, 7) is 5.43. The standard InChI is InChI=1S/C22H26N2O2/c1-3-16(4-2)21(25)23-20-11-9-18(10-12-20)22(26)24-14-13-17-7-5-6-8-19(17)15-24/h5-12,16H,3-4,13-15H2,1-2H3,(H,23,25). The van der Waals surface area contributed by atoms with Crippen LogP contribution >= 0.6 is 0 Å². The van der Waals surface area contributed by atoms with Crippen LogP contribution in [0.3, 0.4) is 0 Å². The van der Waals surface area contributed by atoms with E-state index in [9.17, 15) is 9.59 Å². The molecule has 0 spiro atoms. The summed E-state index contributed by atoms with van der Waals surface area (Å²) >= 11 is 0. The Morgan fingerprint density at radius 1 is 1.00 bits per heavy atom. The Kier molecular flexibility index (Phi) is 5.71. The van der Waals surface area contributed by atoms with Crippen molar-refractivity contribution in [3.05, 3.63) is 65.2 Å². The molecular formula is C22H26N2O2. The molecule has 0 radical (unpaired) electrons. The molecule has 136 valence electrons. The fraction of sp³-hybridized carbons (Fsp3) is 0.364. The minimum absolute atomic E-state index is 0.0322. The van der Waals surface area contributed by atoms with Gasteiger partial charge in [0, 0.05) is 30.3 Å². The smallest absolute Gasteiger partial charge is 0.254 e. The van der Waals surface area contributed by atoms with Crippen LogP contribution in [0.4, 0.5) is 5.69 Å². The summed E-state index contributed by atoms with van der Waals surface area (Å²) in [5.74, 6) is 0.115. The number of hydrogen-bond acceptors (Lipinski definition) is 2. The lowest BCUT2D eigenvalue weighted by atomic mass is 9.99. The summed E-state index contributed by atoms with van der Waals surface area (Å²) in [7, 11) is 0. The zero-order chi connectivity index (χ0) is 18.5. The first-order valence-electron chi connectivity index (χ1n) is 9.39. The molecule has 0 unspecified atom stereocenters. The third kappa shape index (κ3) is 3.96. The Balaban J connectivity index is 1.65. The van der Waals surface area contributed by atoms with Crippen molar-refractivity contribution >= 4 is 17.5 Å². The van der Waals surface area contributed by atoms with E-state index in [0.29, 0.717) is 12.1 Å². The lowest BCUT2D eigenvalue weighted by molar-refractivity contribution is -0.120. The lowest BCUT2D eigenvalue weighted by Gasteiger charge is -2.29. The van der Waals surface area contributed by atoms with Crippen LogP contribution in [0.5, 0.6) is 0 Å². The number of nitrogens with one attached hydrogen (secondary N) is 1. The highest BCUT2D eigenvalue weighted by molar-refractivity contribution is 5.96. The van der Waals surface area contributed by atoms with Crippen LogP contribution < -0.4 is 5.32 Å². The molecule has 2 aromatic carbocycles. The van der Waals surface area contributed by atoms with Crippen LogP contribution in [0.1, 0.15) is 48.2 Å². The maximum Gasteiger partial charge on any atom is 0.254 e. The van der Waals surface area contributed by atoms with Crippen LogP contribution in [0.25, 0.3) is 0 Å². The number of carbonyl (C=O) groups is 2. The topological polar surface area (TPSA) is 49.4 Å². The number of hydrogen-bond donors (Lipinski definition) is 1. The highest BCUT2D eigenvalue weighted by Gasteiger charge is 2.21. The highest BCUT2D eigenvalue weighted by Crippen LogP contribution is 2.21. The summed E-state index contributed by atoms with van der Waals surface area (Å²) in [5, 5.41) is 2.94. The molecule has 0 atom stereocenters. The largest absolute Gasteiger partial charge is 0.334 e. The summed E-state index contributed by atoms with van der Waals surface area (Å²) < 4.78 is 0. The molecule has 0 aromatic heterocycles. The Morgan fingerprint density at radius 2 is 1.65 bits per heavy atom. The van der Waals surface area contributed by atoms with Crippen LogP contribution in [0.15, 0.2) is 48.5 Å². The van der Waals surface area contributed by atoms with Gasteiger partial charge in [0.1, 0.15) is 0 Å². The van der Waals surface area contributed by atoms with E-state index in [2.05, 4.69) is 17.4 Å². The van der Waals surface area contributed by atoms with Crippen molar-refractivity contribution in [1.29, 1.82) is 0 Å². The third-order valence-electron chi connectivity index (χ3n) is 5.17. The molecule has 0 fully saturated rings. The van der Waals surface area contributed by atoms with Crippen molar-refractivity contribution in [2.45, 2.75) is 39.7 Å². The first kappa shape index (κ1) is 18.2. The van der Waals surface area contributed by atoms with E-state index in [0.717, 1.165) is 31.5 Å². The predicted octanol–water partition coefficient (Wildman–Crippen LogP) is 4.26. The molecule has 4 heteroatoms. The third-order valence-corrected chi connectivity index (χ3v) is 5.17. The van der Waals surface area contributed by atoms with Gasteiger partial charge in [-0.15, -0.1) is 0 Å². The van der Waals surface area contributed by atoms with Crippen molar-refractivity contribution in [3.8, 4) is 0 Å². The number of amides is 2. The van der Waals surface area contributed by atoms with Crippen molar-refractivity contribution in [1.82, 2.24) is 4.90 Å². The van der Waals surface area contributed by atoms with Gasteiger partial charge in [0.25, 0.3) is 5.91 Å². The van der Waals surface area contributed by atoms with E-state index in [1.165, 1.54) is 11.1 Å². The lowest BCUT2D eigenvalue weighted by Crippen LogP contribution is -2.35. The molecule has 2 amide bonds. The number of carbonyl (C=O) groups excluding carboxylic acids is 2. The van der Waals surface area contributed by atoms with Gasteiger partial charge < -0.3 is 10.2 Å². The van der Waals surface area contributed by atoms with Gasteiger partial charge in [0.15, 0.2) is 0 Å². The zero-order valence-electron chi connectivity index (χ0n) is 15.5. The first-order valence-corrected chi connectivity index (χ1v) is 9.39. The molecule has 4 nitrogen and oxygen atoms in total. The Morgan fingerprint density at radius 3 is 2.31 bits per heavy atom. The second-order valence-corrected chi connectivity index (χ2v) is 6.83. The van der Waals surface area contributed by atoms with Gasteiger partial charge in [-0.1, -0.05) is 38.1 Å². The fourth-order valence-corrected chi connectivity index (χ4v) is 3.45. The SMILES string of the molecule is CCC(CC)C(=O)Nc1ccc(C(=O)N2CCc3ccccc3C2)cc1. The van der Waals surface area contributed by atoms with Crippen molar-refractivity contribution in [2.24, 2.45) is 5.92 Å². The van der Waals surface area contributed by atoms with Gasteiger partial charge in [-0.3, -0.25) is 9.59 Å². The predicted molar refractivity (Wildman–Crippen MR) is 104 cm³/mol. The second kappa shape index (κ2) is 8.17. The molecule has 1 N–H and O–H groups in total. The number of rotatable bonds is 5. The second-order valence-electron chi connectivity index (χ2n) is 6.83. The van der Waals surface area contributed by atoms with Gasteiger partial charge >= 0.3 is 0 Å². The van der Waals surface area contributed by atoms with Crippen molar-refractivity contribution < 1.29 is 9.59 Å². The van der Waals surface area contributed by atoms with E-state index < -0.39 is 0 Å². The van der Waals surface area contributed by atoms with E-state index in [-0.39, 0.29) is 17.7 Å². The zero-order valence-corrected chi connectivity index (χ0v) is 15.5. The summed E-state index contributed by atoms with van der Waals surface area (Å²) in [5.41, 5.74) is 3.95. The van der Waals surface area contributed by atoms with Crippen LogP contribution in [-0.2, 0) is 17.8 Å². The first-order chi connectivity index (χ1) is 12.6. The maximum absolute atomic E-state index is 12.8. The van der Waals surface area contributed by atoms with Crippen LogP contribution in [0.2, 0.25) is 0 Å². The monoisotopic (exact) mass is 350 g/mol. The molecule has 2 aromatic rings. The van der Waals surface area contributed by atoms with E-state index in [1.807, 2.05) is 43.0 Å². The number of fused-ring (bicyclic) bond motifs is 1. The van der Waals surface area contributed by atoms with Gasteiger partial charge in [-0.2, -0.15) is 0 Å². The van der Waals surface area contributed by atoms with Gasteiger partial charge in [0.2, 0.25) is 5.91 Å². The summed E-state index contributed by atoms with van der Waals surface area (Å²) in [6, 6.07) is 15.5. The molecule has 0 bridgehead atoms. The molecule has 0 saturated heterocycles. The average Bonchev–Trinajstić information content (AvgIpc) is 2.68. The Labute approximate surface area is 155 Å². The Hall–Kier alpha value is -2.62. The number of anilines is 1. The van der Waals surface area contributed by atoms with Gasteiger partial charge in [0.05, 0.1) is 0 Å². The summed E-state index contributed by atoms with van der Waals surface area (Å²) in [6.07, 6.45) is 2.55. The molecule has 1 aliphatic rings. The minimum atomic E-state index is 0.0322. The molecule has 1 aliphatic heterocycles. The summed E-state index contributed by atoms with van der Waals surface area (Å²) in [4.78, 5) is 26.8. The number of benzene rings is 2. The fourth-order valence-electron chi connectivity index (χ4n) is 3.45. The molecule has 3 rings (SSSR count). The van der Waals surface area contributed by atoms with E-state index in [4.69, 9.17) is 0 Å². The molecule has 0 aliphatic carbocycles. The Bertz CT molecular complexity index is 779. The molecule has 1 heterocycles. The van der Waals surface area contributed by atoms with E-state index >= 15 is 0 Å². The molecular weight excluding hydrogens is 324 g/mol. The number of nitrogens with zero attached hydrogens (tertiary/aromatic N) is 1. The van der Waals surface area contributed by atoms with Crippen LogP contribution in [-0.4, -0.2) is 23.3 Å². The van der Waals surface area contributed by atoms with Crippen molar-refractivity contribution in [2.75, 3.05) is 11.9 Å². The average molecular weight is 350 g/mol. The maximum atomic E-state index is 12.8. The van der Waals surface area contributed by atoms with Crippen molar-refractivity contribution in [3.63, 3.8) is 0 Å². The van der Waals surface area contributed by atoms with Gasteiger partial charge in [-0.05, 0) is 54.7 Å². The van der Waals surface area contributed by atoms with Gasteiger partial charge in [-0.25, -0.2) is 0 Å². The van der Waals surface area contributed by atoms with Crippen LogP contribution in [0, 0.1) is 5.92 Å². The highest BCUT2D eigenvalue weighted by atomic mass is 16.2. The molecule has 26 heavy (non-hydrogen) atoms. The quantitative estimate of drug-likeness (QED) is 0.876. The normalized spacial score (nSPS) is 13.4. The van der Waals surface area contributed by atoms with E-state index in [1.54, 1.807) is 12.1 Å². The minimum Gasteiger partial charge on any atom is -0.334 e. The molecule has 0 saturated carbocycles.